The molecule has 1 aliphatic heterocycles. The van der Waals surface area contributed by atoms with Crippen molar-refractivity contribution in [3.8, 4) is 0 Å². The molecule has 0 bridgehead atoms. The first-order chi connectivity index (χ1) is 10.1. The quantitative estimate of drug-likeness (QED) is 0.443. The number of halogens is 2. The fraction of sp³-hybridized carbons (Fsp3) is 0. The van der Waals surface area contributed by atoms with Crippen LogP contribution < -0.4 is 0 Å². The van der Waals surface area contributed by atoms with Crippen LogP contribution in [0.1, 0.15) is 11.1 Å². The van der Waals surface area contributed by atoms with Crippen molar-refractivity contribution in [1.29, 1.82) is 0 Å². The Labute approximate surface area is 134 Å². The Morgan fingerprint density at radius 1 is 1.14 bits per heavy atom. The lowest BCUT2D eigenvalue weighted by Crippen LogP contribution is -2.05. The van der Waals surface area contributed by atoms with E-state index in [2.05, 4.69) is 27.6 Å². The van der Waals surface area contributed by atoms with Gasteiger partial charge in [-0.15, -0.1) is 0 Å². The number of aliphatic imine (C=N–C) groups is 1. The van der Waals surface area contributed by atoms with Gasteiger partial charge in [0.2, 0.25) is 5.90 Å². The molecule has 0 spiro atoms. The predicted molar refractivity (Wildman–Crippen MR) is 86.2 cm³/mol. The van der Waals surface area contributed by atoms with E-state index in [1.165, 1.54) is 12.1 Å². The zero-order chi connectivity index (χ0) is 14.8. The summed E-state index contributed by atoms with van der Waals surface area (Å²) in [5, 5.41) is 0. The second-order valence-electron chi connectivity index (χ2n) is 4.40. The van der Waals surface area contributed by atoms with Crippen molar-refractivity contribution in [2.45, 2.75) is 0 Å². The van der Waals surface area contributed by atoms with Crippen LogP contribution in [0.25, 0.3) is 6.08 Å². The molecular weight excluding hydrogens is 384 g/mol. The van der Waals surface area contributed by atoms with Gasteiger partial charge in [-0.1, -0.05) is 18.2 Å². The van der Waals surface area contributed by atoms with Crippen molar-refractivity contribution in [2.75, 3.05) is 0 Å². The molecule has 104 valence electrons. The minimum atomic E-state index is -0.534. The molecule has 0 N–H and O–H groups in total. The third-order valence-corrected chi connectivity index (χ3v) is 3.58. The molecule has 0 saturated carbocycles. The van der Waals surface area contributed by atoms with Gasteiger partial charge in [-0.05, 0) is 64.6 Å². The third-order valence-electron chi connectivity index (χ3n) is 2.87. The van der Waals surface area contributed by atoms with E-state index in [-0.39, 0.29) is 11.6 Å². The number of carbonyl (C=O) groups is 1. The first kappa shape index (κ1) is 13.9. The molecule has 0 amide bonds. The fourth-order valence-corrected chi connectivity index (χ4v) is 2.23. The molecule has 3 rings (SSSR count). The Morgan fingerprint density at radius 3 is 2.62 bits per heavy atom. The average molecular weight is 393 g/mol. The number of rotatable bonds is 2. The van der Waals surface area contributed by atoms with Gasteiger partial charge in [-0.3, -0.25) is 0 Å². The highest BCUT2D eigenvalue weighted by Crippen LogP contribution is 2.20. The zero-order valence-electron chi connectivity index (χ0n) is 10.7. The summed E-state index contributed by atoms with van der Waals surface area (Å²) in [6.07, 6.45) is 1.64. The molecule has 0 aliphatic carbocycles. The monoisotopic (exact) mass is 393 g/mol. The van der Waals surface area contributed by atoms with Crippen molar-refractivity contribution in [2.24, 2.45) is 4.99 Å². The number of hydrogen-bond donors (Lipinski definition) is 0. The predicted octanol–water partition coefficient (Wildman–Crippen LogP) is 3.77. The smallest absolute Gasteiger partial charge is 0.363 e. The van der Waals surface area contributed by atoms with Crippen molar-refractivity contribution in [3.05, 3.63) is 74.7 Å². The van der Waals surface area contributed by atoms with Crippen LogP contribution in [-0.4, -0.2) is 11.9 Å². The SMILES string of the molecule is O=C1OC(c2cccc(F)c2)=NC1=Cc1ccc(I)cc1. The Morgan fingerprint density at radius 2 is 1.90 bits per heavy atom. The molecule has 0 saturated heterocycles. The van der Waals surface area contributed by atoms with E-state index in [4.69, 9.17) is 4.74 Å². The lowest BCUT2D eigenvalue weighted by atomic mass is 10.2. The van der Waals surface area contributed by atoms with E-state index in [9.17, 15) is 9.18 Å². The molecule has 21 heavy (non-hydrogen) atoms. The largest absolute Gasteiger partial charge is 0.402 e. The highest BCUT2D eigenvalue weighted by Gasteiger charge is 2.24. The second kappa shape index (κ2) is 5.77. The van der Waals surface area contributed by atoms with Crippen molar-refractivity contribution in [3.63, 3.8) is 0 Å². The summed E-state index contributed by atoms with van der Waals surface area (Å²) >= 11 is 2.20. The minimum absolute atomic E-state index is 0.122. The number of ether oxygens (including phenoxy) is 1. The molecule has 0 radical (unpaired) electrons. The van der Waals surface area contributed by atoms with Gasteiger partial charge < -0.3 is 4.74 Å². The van der Waals surface area contributed by atoms with E-state index in [0.29, 0.717) is 5.56 Å². The third kappa shape index (κ3) is 3.18. The molecule has 2 aromatic rings. The Balaban J connectivity index is 1.93. The van der Waals surface area contributed by atoms with Gasteiger partial charge >= 0.3 is 5.97 Å². The van der Waals surface area contributed by atoms with E-state index < -0.39 is 11.8 Å². The van der Waals surface area contributed by atoms with Crippen LogP contribution in [0, 0.1) is 9.39 Å². The van der Waals surface area contributed by atoms with Gasteiger partial charge in [0.25, 0.3) is 0 Å². The standard InChI is InChI=1S/C16H9FINO2/c17-12-3-1-2-11(9-12)15-19-14(16(20)21-15)8-10-4-6-13(18)7-5-10/h1-9H. The highest BCUT2D eigenvalue weighted by atomic mass is 127. The van der Waals surface area contributed by atoms with E-state index in [0.717, 1.165) is 9.13 Å². The number of cyclic esters (lactones) is 1. The Hall–Kier alpha value is -2.02. The maximum absolute atomic E-state index is 13.2. The normalized spacial score (nSPS) is 16.0. The molecule has 5 heteroatoms. The van der Waals surface area contributed by atoms with Gasteiger partial charge in [0, 0.05) is 9.13 Å². The Kier molecular flexibility index (Phi) is 3.83. The lowest BCUT2D eigenvalue weighted by molar-refractivity contribution is -0.129. The van der Waals surface area contributed by atoms with Gasteiger partial charge in [-0.25, -0.2) is 14.2 Å². The lowest BCUT2D eigenvalue weighted by Gasteiger charge is -1.98. The van der Waals surface area contributed by atoms with Crippen molar-refractivity contribution in [1.82, 2.24) is 0 Å². The number of carbonyl (C=O) groups excluding carboxylic acids is 1. The fourth-order valence-electron chi connectivity index (χ4n) is 1.87. The number of esters is 1. The summed E-state index contributed by atoms with van der Waals surface area (Å²) < 4.78 is 19.4. The van der Waals surface area contributed by atoms with Crippen LogP contribution in [-0.2, 0) is 9.53 Å². The second-order valence-corrected chi connectivity index (χ2v) is 5.64. The van der Waals surface area contributed by atoms with Crippen molar-refractivity contribution >= 4 is 40.5 Å². The maximum atomic E-state index is 13.2. The molecule has 1 aliphatic rings. The van der Waals surface area contributed by atoms with Crippen LogP contribution in [0.4, 0.5) is 4.39 Å². The number of hydrogen-bond acceptors (Lipinski definition) is 3. The van der Waals surface area contributed by atoms with E-state index >= 15 is 0 Å². The summed E-state index contributed by atoms with van der Waals surface area (Å²) in [6, 6.07) is 13.4. The first-order valence-corrected chi connectivity index (χ1v) is 7.24. The molecule has 0 atom stereocenters. The molecule has 0 unspecified atom stereocenters. The first-order valence-electron chi connectivity index (χ1n) is 6.16. The summed E-state index contributed by atoms with van der Waals surface area (Å²) in [4.78, 5) is 15.9. The summed E-state index contributed by atoms with van der Waals surface area (Å²) in [5.74, 6) is -0.814. The van der Waals surface area contributed by atoms with Gasteiger partial charge in [0.15, 0.2) is 5.70 Å². The number of benzene rings is 2. The molecule has 2 aromatic carbocycles. The minimum Gasteiger partial charge on any atom is -0.402 e. The van der Waals surface area contributed by atoms with Crippen LogP contribution in [0.5, 0.6) is 0 Å². The van der Waals surface area contributed by atoms with Crippen LogP contribution in [0.15, 0.2) is 59.2 Å². The van der Waals surface area contributed by atoms with Crippen LogP contribution >= 0.6 is 22.6 Å². The topological polar surface area (TPSA) is 38.7 Å². The van der Waals surface area contributed by atoms with Gasteiger partial charge in [-0.2, -0.15) is 0 Å². The van der Waals surface area contributed by atoms with Gasteiger partial charge in [0.05, 0.1) is 0 Å². The van der Waals surface area contributed by atoms with Crippen LogP contribution in [0.2, 0.25) is 0 Å². The zero-order valence-corrected chi connectivity index (χ0v) is 12.9. The highest BCUT2D eigenvalue weighted by molar-refractivity contribution is 14.1. The number of nitrogens with zero attached hydrogens (tertiary/aromatic N) is 1. The average Bonchev–Trinajstić information content (AvgIpc) is 2.83. The molecular formula is C16H9FINO2. The van der Waals surface area contributed by atoms with Gasteiger partial charge in [0.1, 0.15) is 5.82 Å². The van der Waals surface area contributed by atoms with Crippen molar-refractivity contribution < 1.29 is 13.9 Å². The van der Waals surface area contributed by atoms with Crippen LogP contribution in [0.3, 0.4) is 0 Å². The molecule has 3 nitrogen and oxygen atoms in total. The summed E-state index contributed by atoms with van der Waals surface area (Å²) in [5.41, 5.74) is 1.50. The van der Waals surface area contributed by atoms with E-state index in [1.807, 2.05) is 24.3 Å². The molecule has 0 fully saturated rings. The Bertz CT molecular complexity index is 766. The summed E-state index contributed by atoms with van der Waals surface area (Å²) in [7, 11) is 0. The molecule has 0 aromatic heterocycles. The summed E-state index contributed by atoms with van der Waals surface area (Å²) in [6.45, 7) is 0. The van der Waals surface area contributed by atoms with E-state index in [1.54, 1.807) is 18.2 Å². The maximum Gasteiger partial charge on any atom is 0.363 e. The molecule has 1 heterocycles.